The fourth-order valence-electron chi connectivity index (χ4n) is 0. The molecule has 0 aromatic rings. The summed E-state index contributed by atoms with van der Waals surface area (Å²) in [7, 11) is 0. The molecule has 0 radical (unpaired) electrons. The fraction of sp³-hybridized carbons (Fsp3) is 0. The van der Waals surface area contributed by atoms with Gasteiger partial charge in [-0.2, -0.15) is 0 Å². The summed E-state index contributed by atoms with van der Waals surface area (Å²) in [6.45, 7) is 0. The molecule has 0 saturated heterocycles. The Kier molecular flexibility index (Phi) is 20.1. The van der Waals surface area contributed by atoms with Gasteiger partial charge >= 0.3 is 45.5 Å². The Hall–Kier alpha value is 0.951. The van der Waals surface area contributed by atoms with Gasteiger partial charge in [0.05, 0.1) is 0 Å². The van der Waals surface area contributed by atoms with E-state index in [2.05, 4.69) is 5.73 Å². The SMILES string of the molecule is NC=O.[H-].[H-].[Sr+2]. The molecule has 0 rings (SSSR count). The predicted octanol–water partition coefficient (Wildman–Crippen LogP) is -1.05. The zero-order chi connectivity index (χ0) is 2.71. The number of carbonyl (C=O) groups is 1. The summed E-state index contributed by atoms with van der Waals surface area (Å²) in [5.74, 6) is 0. The third-order valence-electron chi connectivity index (χ3n) is 0. The van der Waals surface area contributed by atoms with Crippen molar-refractivity contribution < 1.29 is 7.65 Å². The van der Waals surface area contributed by atoms with E-state index in [0.29, 0.717) is 0 Å². The van der Waals surface area contributed by atoms with E-state index in [1.54, 1.807) is 0 Å². The van der Waals surface area contributed by atoms with Gasteiger partial charge in [0.15, 0.2) is 0 Å². The number of hydrogen-bond donors (Lipinski definition) is 1. The van der Waals surface area contributed by atoms with Crippen molar-refractivity contribution in [2.45, 2.75) is 0 Å². The van der Waals surface area contributed by atoms with Crippen molar-refractivity contribution in [3.05, 3.63) is 0 Å². The zero-order valence-electron chi connectivity index (χ0n) is 4.27. The summed E-state index contributed by atoms with van der Waals surface area (Å²) in [5, 5.41) is 0. The van der Waals surface area contributed by atoms with Crippen LogP contribution in [0, 0.1) is 0 Å². The Morgan fingerprint density at radius 1 is 2.00 bits per heavy atom. The molecule has 22 valence electrons. The minimum Gasteiger partial charge on any atom is -1.00 e. The van der Waals surface area contributed by atoms with E-state index in [9.17, 15) is 0 Å². The molecule has 0 bridgehead atoms. The van der Waals surface area contributed by atoms with Crippen LogP contribution in [0.2, 0.25) is 0 Å². The Balaban J connectivity index is -0.00000000667. The van der Waals surface area contributed by atoms with Gasteiger partial charge in [0.1, 0.15) is 0 Å². The Bertz CT molecular complexity index is 21.0. The molecule has 1 amide bonds. The molecule has 2 N–H and O–H groups in total. The van der Waals surface area contributed by atoms with Gasteiger partial charge in [-0.05, 0) is 0 Å². The van der Waals surface area contributed by atoms with Gasteiger partial charge in [0.2, 0.25) is 6.41 Å². The van der Waals surface area contributed by atoms with Gasteiger partial charge in [-0.1, -0.05) is 0 Å². The van der Waals surface area contributed by atoms with Crippen LogP contribution in [0.5, 0.6) is 0 Å². The summed E-state index contributed by atoms with van der Waals surface area (Å²) in [6.07, 6.45) is 0.250. The van der Waals surface area contributed by atoms with Crippen LogP contribution in [-0.2, 0) is 4.79 Å². The van der Waals surface area contributed by atoms with E-state index < -0.39 is 0 Å². The summed E-state index contributed by atoms with van der Waals surface area (Å²) in [4.78, 5) is 8.58. The molecule has 0 aromatic heterocycles. The maximum atomic E-state index is 8.58. The number of hydrogen-bond acceptors (Lipinski definition) is 1. The van der Waals surface area contributed by atoms with Gasteiger partial charge in [0, 0.05) is 0 Å². The second-order valence-corrected chi connectivity index (χ2v) is 0.136. The Labute approximate surface area is 64.6 Å². The van der Waals surface area contributed by atoms with Crippen LogP contribution in [-0.4, -0.2) is 51.9 Å². The van der Waals surface area contributed by atoms with E-state index in [-0.39, 0.29) is 54.7 Å². The van der Waals surface area contributed by atoms with Crippen molar-refractivity contribution in [2.75, 3.05) is 0 Å². The van der Waals surface area contributed by atoms with Gasteiger partial charge < -0.3 is 8.59 Å². The number of nitrogens with two attached hydrogens (primary N) is 1. The molecule has 0 heterocycles. The number of primary amides is 1. The van der Waals surface area contributed by atoms with Crippen LogP contribution in [0.15, 0.2) is 0 Å². The van der Waals surface area contributed by atoms with Crippen molar-refractivity contribution >= 4 is 51.9 Å². The fourth-order valence-corrected chi connectivity index (χ4v) is 0. The van der Waals surface area contributed by atoms with Gasteiger partial charge in [-0.25, -0.2) is 0 Å². The third kappa shape index (κ3) is 12.4. The maximum Gasteiger partial charge on any atom is 2.00 e. The first-order chi connectivity index (χ1) is 1.41. The number of carbonyl (C=O) groups excluding carboxylic acids is 1. The minimum atomic E-state index is 0. The topological polar surface area (TPSA) is 43.1 Å². The van der Waals surface area contributed by atoms with Crippen LogP contribution in [0.3, 0.4) is 0 Å². The molecule has 0 aliphatic heterocycles. The molecule has 0 atom stereocenters. The molecular formula is CH5NOSr. The largest absolute Gasteiger partial charge is 2.00 e. The van der Waals surface area contributed by atoms with Crippen LogP contribution in [0.1, 0.15) is 2.85 Å². The van der Waals surface area contributed by atoms with Gasteiger partial charge in [-0.15, -0.1) is 0 Å². The molecule has 0 unspecified atom stereocenters. The van der Waals surface area contributed by atoms with Crippen LogP contribution < -0.4 is 5.73 Å². The van der Waals surface area contributed by atoms with E-state index in [4.69, 9.17) is 4.79 Å². The molecule has 2 nitrogen and oxygen atoms in total. The van der Waals surface area contributed by atoms with Crippen molar-refractivity contribution in [1.29, 1.82) is 0 Å². The van der Waals surface area contributed by atoms with Crippen molar-refractivity contribution in [3.8, 4) is 0 Å². The molecule has 0 aromatic carbocycles. The summed E-state index contributed by atoms with van der Waals surface area (Å²) in [6, 6.07) is 0. The van der Waals surface area contributed by atoms with Crippen molar-refractivity contribution in [2.24, 2.45) is 5.73 Å². The average Bonchev–Trinajstić information content (AvgIpc) is 0.918. The van der Waals surface area contributed by atoms with Crippen molar-refractivity contribution in [3.63, 3.8) is 0 Å². The number of rotatable bonds is 0. The first-order valence-corrected chi connectivity index (χ1v) is 0.569. The second kappa shape index (κ2) is 9.04. The first kappa shape index (κ1) is 8.87. The van der Waals surface area contributed by atoms with Crippen LogP contribution in [0.4, 0.5) is 0 Å². The Morgan fingerprint density at radius 2 is 2.00 bits per heavy atom. The minimum absolute atomic E-state index is 0. The molecule has 0 aliphatic rings. The second-order valence-electron chi connectivity index (χ2n) is 0.136. The van der Waals surface area contributed by atoms with E-state index in [1.807, 2.05) is 0 Å². The van der Waals surface area contributed by atoms with E-state index in [0.717, 1.165) is 0 Å². The van der Waals surface area contributed by atoms with E-state index in [1.165, 1.54) is 0 Å². The molecule has 3 heteroatoms. The van der Waals surface area contributed by atoms with Crippen molar-refractivity contribution in [1.82, 2.24) is 0 Å². The van der Waals surface area contributed by atoms with Crippen LogP contribution >= 0.6 is 0 Å². The summed E-state index contributed by atoms with van der Waals surface area (Å²) in [5.41, 5.74) is 4.17. The summed E-state index contributed by atoms with van der Waals surface area (Å²) < 4.78 is 0. The molecule has 0 saturated carbocycles. The smallest absolute Gasteiger partial charge is 1.00 e. The number of amides is 1. The predicted molar refractivity (Wildman–Crippen MR) is 18.2 cm³/mol. The van der Waals surface area contributed by atoms with Gasteiger partial charge in [0.25, 0.3) is 0 Å². The molecule has 0 fully saturated rings. The van der Waals surface area contributed by atoms with Crippen LogP contribution in [0.25, 0.3) is 0 Å². The van der Waals surface area contributed by atoms with Gasteiger partial charge in [-0.3, -0.25) is 4.79 Å². The maximum absolute atomic E-state index is 8.58. The molecule has 4 heavy (non-hydrogen) atoms. The zero-order valence-corrected chi connectivity index (χ0v) is 5.75. The summed E-state index contributed by atoms with van der Waals surface area (Å²) >= 11 is 0. The quantitative estimate of drug-likeness (QED) is 0.334. The first-order valence-electron chi connectivity index (χ1n) is 0.569. The monoisotopic (exact) mass is 135 g/mol. The molecular weight excluding hydrogens is 130 g/mol. The standard InChI is InChI=1S/CH3NO.Sr.2H/c2-1-3;;;/h1H,(H2,2,3);;;/q;+2;2*-1. The third-order valence-corrected chi connectivity index (χ3v) is 0. The van der Waals surface area contributed by atoms with E-state index >= 15 is 0 Å². The Morgan fingerprint density at radius 3 is 2.00 bits per heavy atom. The molecule has 0 spiro atoms. The normalized spacial score (nSPS) is 3.00. The molecule has 0 aliphatic carbocycles. The average molecular weight is 135 g/mol.